The van der Waals surface area contributed by atoms with E-state index < -0.39 is 5.97 Å². The average molecular weight is 354 g/mol. The Hall–Kier alpha value is -2.96. The van der Waals surface area contributed by atoms with Gasteiger partial charge in [0.2, 0.25) is 5.95 Å². The van der Waals surface area contributed by atoms with Crippen molar-refractivity contribution in [1.82, 2.24) is 14.9 Å². The minimum absolute atomic E-state index is 0.184. The van der Waals surface area contributed by atoms with Gasteiger partial charge < -0.3 is 14.5 Å². The van der Waals surface area contributed by atoms with Crippen LogP contribution in [0.3, 0.4) is 0 Å². The molecular formula is C19H22N4O3. The van der Waals surface area contributed by atoms with Crippen molar-refractivity contribution in [3.63, 3.8) is 0 Å². The second kappa shape index (κ2) is 7.95. The number of piperazine rings is 1. The first-order chi connectivity index (χ1) is 12.5. The highest BCUT2D eigenvalue weighted by molar-refractivity contribution is 5.92. The van der Waals surface area contributed by atoms with E-state index in [1.807, 2.05) is 30.9 Å². The first-order valence-electron chi connectivity index (χ1n) is 8.59. The zero-order chi connectivity index (χ0) is 18.5. The Morgan fingerprint density at radius 3 is 2.42 bits per heavy atom. The summed E-state index contributed by atoms with van der Waals surface area (Å²) in [5.74, 6) is 0.0183. The maximum absolute atomic E-state index is 12.3. The van der Waals surface area contributed by atoms with Crippen molar-refractivity contribution in [3.8, 4) is 0 Å². The van der Waals surface area contributed by atoms with Crippen LogP contribution >= 0.6 is 0 Å². The Morgan fingerprint density at radius 2 is 1.77 bits per heavy atom. The standard InChI is InChI=1S/C19H22N4O3/c1-14-4-5-16(15(2)12-14)18(25)26-13-17(24)22-8-10-23(11-9-22)19-20-6-3-7-21-19/h3-7,12H,8-11,13H2,1-2H3. The van der Waals surface area contributed by atoms with E-state index in [-0.39, 0.29) is 12.5 Å². The first-order valence-corrected chi connectivity index (χ1v) is 8.59. The van der Waals surface area contributed by atoms with Crippen LogP contribution in [-0.2, 0) is 9.53 Å². The fourth-order valence-corrected chi connectivity index (χ4v) is 2.95. The number of nitrogens with zero attached hydrogens (tertiary/aromatic N) is 4. The van der Waals surface area contributed by atoms with Crippen molar-refractivity contribution in [2.75, 3.05) is 37.7 Å². The lowest BCUT2D eigenvalue weighted by molar-refractivity contribution is -0.134. The molecule has 0 radical (unpaired) electrons. The lowest BCUT2D eigenvalue weighted by Gasteiger charge is -2.34. The Kier molecular flexibility index (Phi) is 5.46. The highest BCUT2D eigenvalue weighted by atomic mass is 16.5. The maximum atomic E-state index is 12.3. The van der Waals surface area contributed by atoms with Crippen LogP contribution in [0.2, 0.25) is 0 Å². The predicted octanol–water partition coefficient (Wildman–Crippen LogP) is 1.60. The Morgan fingerprint density at radius 1 is 1.08 bits per heavy atom. The molecule has 1 aromatic heterocycles. The molecule has 1 aromatic carbocycles. The first kappa shape index (κ1) is 17.8. The van der Waals surface area contributed by atoms with Gasteiger partial charge in [0.1, 0.15) is 0 Å². The fourth-order valence-electron chi connectivity index (χ4n) is 2.95. The van der Waals surface area contributed by atoms with Crippen molar-refractivity contribution in [3.05, 3.63) is 53.3 Å². The number of carbonyl (C=O) groups excluding carboxylic acids is 2. The van der Waals surface area contributed by atoms with E-state index in [1.165, 1.54) is 0 Å². The molecular weight excluding hydrogens is 332 g/mol. The third-order valence-electron chi connectivity index (χ3n) is 4.40. The Bertz CT molecular complexity index is 787. The highest BCUT2D eigenvalue weighted by Crippen LogP contribution is 2.13. The number of benzene rings is 1. The van der Waals surface area contributed by atoms with E-state index in [4.69, 9.17) is 4.74 Å². The van der Waals surface area contributed by atoms with Gasteiger partial charge in [0.05, 0.1) is 5.56 Å². The van der Waals surface area contributed by atoms with Crippen molar-refractivity contribution in [2.24, 2.45) is 0 Å². The number of ether oxygens (including phenoxy) is 1. The second-order valence-corrected chi connectivity index (χ2v) is 6.31. The number of aromatic nitrogens is 2. The molecule has 1 saturated heterocycles. The van der Waals surface area contributed by atoms with E-state index >= 15 is 0 Å². The summed E-state index contributed by atoms with van der Waals surface area (Å²) in [6, 6.07) is 7.28. The summed E-state index contributed by atoms with van der Waals surface area (Å²) in [5.41, 5.74) is 2.42. The minimum Gasteiger partial charge on any atom is -0.452 e. The number of hydrogen-bond donors (Lipinski definition) is 0. The molecule has 0 atom stereocenters. The molecule has 0 spiro atoms. The van der Waals surface area contributed by atoms with Gasteiger partial charge in [-0.3, -0.25) is 4.79 Å². The number of aryl methyl sites for hydroxylation is 2. The quantitative estimate of drug-likeness (QED) is 0.777. The van der Waals surface area contributed by atoms with Gasteiger partial charge in [-0.15, -0.1) is 0 Å². The number of carbonyl (C=O) groups is 2. The van der Waals surface area contributed by atoms with Gasteiger partial charge in [-0.1, -0.05) is 17.7 Å². The number of esters is 1. The molecule has 0 unspecified atom stereocenters. The topological polar surface area (TPSA) is 75.6 Å². The molecule has 2 aromatic rings. The molecule has 1 amide bonds. The molecule has 1 fully saturated rings. The number of amides is 1. The van der Waals surface area contributed by atoms with Crippen LogP contribution in [0.25, 0.3) is 0 Å². The predicted molar refractivity (Wildman–Crippen MR) is 97.0 cm³/mol. The SMILES string of the molecule is Cc1ccc(C(=O)OCC(=O)N2CCN(c3ncccn3)CC2)c(C)c1. The van der Waals surface area contributed by atoms with E-state index in [0.717, 1.165) is 11.1 Å². The molecule has 7 nitrogen and oxygen atoms in total. The smallest absolute Gasteiger partial charge is 0.338 e. The second-order valence-electron chi connectivity index (χ2n) is 6.31. The molecule has 1 aliphatic rings. The summed E-state index contributed by atoms with van der Waals surface area (Å²) in [6.07, 6.45) is 3.40. The Balaban J connectivity index is 1.49. The third kappa shape index (κ3) is 4.17. The zero-order valence-electron chi connectivity index (χ0n) is 15.0. The lowest BCUT2D eigenvalue weighted by atomic mass is 10.1. The molecule has 0 aliphatic carbocycles. The largest absolute Gasteiger partial charge is 0.452 e. The van der Waals surface area contributed by atoms with Crippen molar-refractivity contribution in [2.45, 2.75) is 13.8 Å². The van der Waals surface area contributed by atoms with E-state index in [2.05, 4.69) is 9.97 Å². The number of rotatable bonds is 4. The van der Waals surface area contributed by atoms with E-state index in [0.29, 0.717) is 37.7 Å². The van der Waals surface area contributed by atoms with Gasteiger partial charge in [-0.25, -0.2) is 14.8 Å². The summed E-state index contributed by atoms with van der Waals surface area (Å²) in [7, 11) is 0. The zero-order valence-corrected chi connectivity index (χ0v) is 15.0. The number of hydrogen-bond acceptors (Lipinski definition) is 6. The molecule has 0 saturated carbocycles. The molecule has 1 aliphatic heterocycles. The van der Waals surface area contributed by atoms with Gasteiger partial charge in [-0.2, -0.15) is 0 Å². The average Bonchev–Trinajstić information content (AvgIpc) is 2.66. The molecule has 2 heterocycles. The molecule has 0 bridgehead atoms. The molecule has 7 heteroatoms. The fraction of sp³-hybridized carbons (Fsp3) is 0.368. The van der Waals surface area contributed by atoms with Crippen LogP contribution in [0, 0.1) is 13.8 Å². The van der Waals surface area contributed by atoms with Crippen LogP contribution in [0.1, 0.15) is 21.5 Å². The van der Waals surface area contributed by atoms with Crippen molar-refractivity contribution < 1.29 is 14.3 Å². The molecule has 0 N–H and O–H groups in total. The van der Waals surface area contributed by atoms with E-state index in [1.54, 1.807) is 29.4 Å². The third-order valence-corrected chi connectivity index (χ3v) is 4.40. The summed E-state index contributed by atoms with van der Waals surface area (Å²) >= 11 is 0. The normalized spacial score (nSPS) is 14.2. The van der Waals surface area contributed by atoms with Gasteiger partial charge in [-0.05, 0) is 31.5 Å². The summed E-state index contributed by atoms with van der Waals surface area (Å²) in [6.45, 7) is 5.99. The highest BCUT2D eigenvalue weighted by Gasteiger charge is 2.23. The summed E-state index contributed by atoms with van der Waals surface area (Å²) in [5, 5.41) is 0. The van der Waals surface area contributed by atoms with Gasteiger partial charge in [0.15, 0.2) is 6.61 Å². The van der Waals surface area contributed by atoms with E-state index in [9.17, 15) is 9.59 Å². The van der Waals surface area contributed by atoms with Gasteiger partial charge >= 0.3 is 5.97 Å². The van der Waals surface area contributed by atoms with Crippen LogP contribution in [0.5, 0.6) is 0 Å². The van der Waals surface area contributed by atoms with Crippen LogP contribution < -0.4 is 4.90 Å². The van der Waals surface area contributed by atoms with Crippen molar-refractivity contribution >= 4 is 17.8 Å². The lowest BCUT2D eigenvalue weighted by Crippen LogP contribution is -2.50. The summed E-state index contributed by atoms with van der Waals surface area (Å²) < 4.78 is 5.21. The summed E-state index contributed by atoms with van der Waals surface area (Å²) in [4.78, 5) is 36.7. The Labute approximate surface area is 152 Å². The molecule has 136 valence electrons. The monoisotopic (exact) mass is 354 g/mol. The molecule has 26 heavy (non-hydrogen) atoms. The van der Waals surface area contributed by atoms with Gasteiger partial charge in [0, 0.05) is 38.6 Å². The van der Waals surface area contributed by atoms with Crippen LogP contribution in [0.4, 0.5) is 5.95 Å². The minimum atomic E-state index is -0.466. The molecule has 3 rings (SSSR count). The van der Waals surface area contributed by atoms with Crippen LogP contribution in [0.15, 0.2) is 36.7 Å². The van der Waals surface area contributed by atoms with Gasteiger partial charge in [0.25, 0.3) is 5.91 Å². The maximum Gasteiger partial charge on any atom is 0.338 e. The van der Waals surface area contributed by atoms with Crippen molar-refractivity contribution in [1.29, 1.82) is 0 Å². The van der Waals surface area contributed by atoms with Crippen LogP contribution in [-0.4, -0.2) is 59.5 Å². The number of anilines is 1.